The molecule has 0 saturated carbocycles. The molecule has 6 nitrogen and oxygen atoms in total. The van der Waals surface area contributed by atoms with Gasteiger partial charge in [-0.1, -0.05) is 30.0 Å². The summed E-state index contributed by atoms with van der Waals surface area (Å²) in [5.41, 5.74) is 2.80. The molecule has 0 amide bonds. The number of ether oxygens (including phenoxy) is 1. The van der Waals surface area contributed by atoms with Crippen molar-refractivity contribution in [2.24, 2.45) is 0 Å². The molecule has 0 radical (unpaired) electrons. The van der Waals surface area contributed by atoms with Crippen molar-refractivity contribution in [1.29, 1.82) is 0 Å². The van der Waals surface area contributed by atoms with E-state index in [-0.39, 0.29) is 6.10 Å². The minimum absolute atomic E-state index is 0.294. The summed E-state index contributed by atoms with van der Waals surface area (Å²) >= 11 is 0. The lowest BCUT2D eigenvalue weighted by Crippen LogP contribution is -2.19. The maximum atomic E-state index is 10.2. The molecule has 0 aliphatic carbocycles. The van der Waals surface area contributed by atoms with Crippen molar-refractivity contribution in [3.05, 3.63) is 90.0 Å². The van der Waals surface area contributed by atoms with Crippen LogP contribution in [0.5, 0.6) is 0 Å². The number of terminal acetylenes is 1. The van der Waals surface area contributed by atoms with Gasteiger partial charge in [-0.15, -0.1) is 12.8 Å². The summed E-state index contributed by atoms with van der Waals surface area (Å²) in [6.07, 6.45) is 14.3. The fraction of sp³-hybridized carbons (Fsp3) is 0.130. The lowest BCUT2D eigenvalue weighted by atomic mass is 10.2. The first kappa shape index (κ1) is 23.0. The Morgan fingerprint density at radius 1 is 1.00 bits per heavy atom. The third-order valence-corrected chi connectivity index (χ3v) is 3.37. The molecule has 0 unspecified atom stereocenters. The summed E-state index contributed by atoms with van der Waals surface area (Å²) in [7, 11) is 1.79. The van der Waals surface area contributed by atoms with Gasteiger partial charge in [-0.25, -0.2) is 0 Å². The van der Waals surface area contributed by atoms with Crippen molar-refractivity contribution < 1.29 is 9.53 Å². The Morgan fingerprint density at radius 3 is 2.31 bits per heavy atom. The minimum atomic E-state index is -0.294. The van der Waals surface area contributed by atoms with Crippen LogP contribution in [0.3, 0.4) is 0 Å². The van der Waals surface area contributed by atoms with Crippen LogP contribution in [-0.4, -0.2) is 35.2 Å². The first-order valence-corrected chi connectivity index (χ1v) is 8.64. The summed E-state index contributed by atoms with van der Waals surface area (Å²) in [6.45, 7) is 0.993. The third kappa shape index (κ3) is 9.48. The molecule has 146 valence electrons. The number of nitrogens with one attached hydrogen (secondary N) is 1. The van der Waals surface area contributed by atoms with Gasteiger partial charge >= 0.3 is 0 Å². The van der Waals surface area contributed by atoms with Crippen molar-refractivity contribution in [3.8, 4) is 24.7 Å². The fourth-order valence-electron chi connectivity index (χ4n) is 2.09. The zero-order chi connectivity index (χ0) is 21.2. The van der Waals surface area contributed by atoms with Crippen LogP contribution in [0.1, 0.15) is 22.8 Å². The van der Waals surface area contributed by atoms with Gasteiger partial charge in [-0.2, -0.15) is 10.2 Å². The molecule has 3 rings (SSSR count). The first-order valence-electron chi connectivity index (χ1n) is 8.64. The van der Waals surface area contributed by atoms with Gasteiger partial charge in [0.15, 0.2) is 0 Å². The summed E-state index contributed by atoms with van der Waals surface area (Å²) in [4.78, 5) is 14.2. The number of likely N-dealkylation sites (N-methyl/N-ethyl adjacent to an activating group) is 1. The van der Waals surface area contributed by atoms with Crippen molar-refractivity contribution in [1.82, 2.24) is 20.5 Å². The van der Waals surface area contributed by atoms with Crippen molar-refractivity contribution in [2.75, 3.05) is 13.6 Å². The maximum absolute atomic E-state index is 10.2. The average molecular weight is 386 g/mol. The lowest BCUT2D eigenvalue weighted by Gasteiger charge is -2.13. The van der Waals surface area contributed by atoms with E-state index >= 15 is 0 Å². The molecule has 1 atom stereocenters. The highest BCUT2D eigenvalue weighted by atomic mass is 16.5. The second-order valence-corrected chi connectivity index (χ2v) is 5.31. The number of rotatable bonds is 5. The predicted octanol–water partition coefficient (Wildman–Crippen LogP) is 2.64. The number of pyridine rings is 1. The quantitative estimate of drug-likeness (QED) is 0.537. The van der Waals surface area contributed by atoms with E-state index in [0.29, 0.717) is 13.0 Å². The van der Waals surface area contributed by atoms with Gasteiger partial charge in [-0.05, 0) is 37.4 Å². The molecule has 0 saturated heterocycles. The summed E-state index contributed by atoms with van der Waals surface area (Å²) in [5.74, 6) is 6.12. The average Bonchev–Trinajstić information content (AvgIpc) is 2.81. The number of hydrogen-bond acceptors (Lipinski definition) is 6. The molecule has 2 heterocycles. The molecule has 29 heavy (non-hydrogen) atoms. The Kier molecular flexibility index (Phi) is 12.0. The molecule has 0 bridgehead atoms. The molecular weight excluding hydrogens is 364 g/mol. The highest BCUT2D eigenvalue weighted by molar-refractivity contribution is 5.41. The van der Waals surface area contributed by atoms with Crippen LogP contribution >= 0.6 is 0 Å². The van der Waals surface area contributed by atoms with E-state index in [1.54, 1.807) is 37.9 Å². The zero-order valence-electron chi connectivity index (χ0n) is 16.1. The van der Waals surface area contributed by atoms with Crippen LogP contribution in [0.2, 0.25) is 0 Å². The Hall–Kier alpha value is -4.00. The predicted molar refractivity (Wildman–Crippen MR) is 112 cm³/mol. The second kappa shape index (κ2) is 15.1. The van der Waals surface area contributed by atoms with Crippen molar-refractivity contribution in [3.63, 3.8) is 0 Å². The summed E-state index contributed by atoms with van der Waals surface area (Å²) in [6, 6.07) is 15.5. The molecule has 3 aromatic rings. The van der Waals surface area contributed by atoms with Gasteiger partial charge in [0.1, 0.15) is 6.10 Å². The van der Waals surface area contributed by atoms with Gasteiger partial charge in [0.05, 0.1) is 6.20 Å². The molecule has 0 spiro atoms. The van der Waals surface area contributed by atoms with E-state index in [4.69, 9.17) is 4.74 Å². The number of carbonyl (C=O) groups excluding carboxylic acids is 1. The normalized spacial score (nSPS) is 9.76. The number of carbonyl (C=O) groups is 1. The van der Waals surface area contributed by atoms with E-state index in [1.807, 2.05) is 42.5 Å². The highest BCUT2D eigenvalue weighted by Crippen LogP contribution is 2.12. The molecule has 2 aromatic heterocycles. The van der Waals surface area contributed by atoms with E-state index in [2.05, 4.69) is 45.2 Å². The number of aromatic nitrogens is 3. The van der Waals surface area contributed by atoms with Crippen molar-refractivity contribution in [2.45, 2.75) is 6.10 Å². The number of benzene rings is 1. The highest BCUT2D eigenvalue weighted by Gasteiger charge is 2.10. The smallest absolute Gasteiger partial charge is 0.293 e. The molecule has 0 fully saturated rings. The first-order chi connectivity index (χ1) is 14.3. The standard InChI is InChI=1S/C13H9N.C8H11N3O2.C2H2/c1-2-5-12(6-3-1)8-9-13-7-4-10-14-11-13;1-9-5-8(13-6-12)7-2-3-10-11-4-7;1-2/h1-7,10-11H;2-4,6,8-9H,5H2,1H3;1-2H/t;8-;/m.1./s1. The van der Waals surface area contributed by atoms with E-state index in [0.717, 1.165) is 16.7 Å². The van der Waals surface area contributed by atoms with Crippen LogP contribution < -0.4 is 5.32 Å². The summed E-state index contributed by atoms with van der Waals surface area (Å²) in [5, 5.41) is 10.2. The monoisotopic (exact) mass is 386 g/mol. The largest absolute Gasteiger partial charge is 0.458 e. The fourth-order valence-corrected chi connectivity index (χ4v) is 2.09. The lowest BCUT2D eigenvalue weighted by molar-refractivity contribution is -0.133. The van der Waals surface area contributed by atoms with E-state index < -0.39 is 0 Å². The Balaban J connectivity index is 0.000000268. The zero-order valence-corrected chi connectivity index (χ0v) is 16.1. The van der Waals surface area contributed by atoms with E-state index in [1.165, 1.54) is 0 Å². The van der Waals surface area contributed by atoms with Gasteiger partial charge in [-0.3, -0.25) is 9.78 Å². The molecule has 1 aromatic carbocycles. The molecule has 6 heteroatoms. The van der Waals surface area contributed by atoms with Crippen LogP contribution in [-0.2, 0) is 9.53 Å². The van der Waals surface area contributed by atoms with Gasteiger partial charge < -0.3 is 10.1 Å². The van der Waals surface area contributed by atoms with Crippen molar-refractivity contribution >= 4 is 6.47 Å². The number of hydrogen-bond donors (Lipinski definition) is 1. The van der Waals surface area contributed by atoms with Crippen LogP contribution in [0.15, 0.2) is 73.3 Å². The molecular formula is C23H22N4O2. The van der Waals surface area contributed by atoms with E-state index in [9.17, 15) is 4.79 Å². The summed E-state index contributed by atoms with van der Waals surface area (Å²) < 4.78 is 4.86. The van der Waals surface area contributed by atoms with Gasteiger partial charge in [0.2, 0.25) is 0 Å². The Morgan fingerprint density at radius 2 is 1.72 bits per heavy atom. The Labute approximate surface area is 171 Å². The van der Waals surface area contributed by atoms with Crippen LogP contribution in [0, 0.1) is 24.7 Å². The number of nitrogens with zero attached hydrogens (tertiary/aromatic N) is 3. The second-order valence-electron chi connectivity index (χ2n) is 5.31. The van der Waals surface area contributed by atoms with Gasteiger partial charge in [0.25, 0.3) is 6.47 Å². The maximum Gasteiger partial charge on any atom is 0.293 e. The topological polar surface area (TPSA) is 77.0 Å². The third-order valence-electron chi connectivity index (χ3n) is 3.37. The van der Waals surface area contributed by atoms with Crippen LogP contribution in [0.25, 0.3) is 0 Å². The SMILES string of the molecule is C#C.C(#Cc1cccnc1)c1ccccc1.CNC[C@@H](OC=O)c1ccnnc1. The molecule has 0 aliphatic heterocycles. The molecule has 1 N–H and O–H groups in total. The molecule has 0 aliphatic rings. The Bertz CT molecular complexity index is 845. The minimum Gasteiger partial charge on any atom is -0.458 e. The van der Waals surface area contributed by atoms with Crippen LogP contribution in [0.4, 0.5) is 0 Å². The van der Waals surface area contributed by atoms with Gasteiger partial charge in [0, 0.05) is 41.8 Å².